The smallest absolute Gasteiger partial charge is 0.151 e. The number of carbonyl (C=O) groups is 1. The van der Waals surface area contributed by atoms with Crippen LogP contribution in [0, 0.1) is 0 Å². The summed E-state index contributed by atoms with van der Waals surface area (Å²) in [7, 11) is 0. The fourth-order valence-corrected chi connectivity index (χ4v) is 3.53. The van der Waals surface area contributed by atoms with Gasteiger partial charge in [-0.05, 0) is 17.2 Å². The molecule has 0 atom stereocenters. The molecule has 1 saturated heterocycles. The minimum atomic E-state index is 0. The number of carbonyl (C=O) groups excluding carboxylic acids is 1. The zero-order chi connectivity index (χ0) is 16.8. The highest BCUT2D eigenvalue weighted by Gasteiger charge is 2.19. The third kappa shape index (κ3) is 7.01. The van der Waals surface area contributed by atoms with E-state index in [1.165, 1.54) is 5.56 Å². The molecule has 0 amide bonds. The molecule has 2 aromatic carbocycles. The van der Waals surface area contributed by atoms with Crippen molar-refractivity contribution in [3.63, 3.8) is 0 Å². The molecule has 26 heavy (non-hydrogen) atoms. The fourth-order valence-electron chi connectivity index (χ4n) is 3.11. The van der Waals surface area contributed by atoms with Crippen LogP contribution in [0.3, 0.4) is 0 Å². The van der Waals surface area contributed by atoms with Gasteiger partial charge in [0.25, 0.3) is 0 Å². The number of Topliss-reactive ketones (excluding diaryl/α,β-unsaturated/α-hetero) is 1. The zero-order valence-corrected chi connectivity index (χ0v) is 17.9. The van der Waals surface area contributed by atoms with Crippen molar-refractivity contribution in [2.45, 2.75) is 13.0 Å². The highest BCUT2D eigenvalue weighted by atomic mass is 79.9. The highest BCUT2D eigenvalue weighted by molar-refractivity contribution is 9.10. The first-order valence-electron chi connectivity index (χ1n) is 8.44. The van der Waals surface area contributed by atoms with Gasteiger partial charge in [-0.25, -0.2) is 0 Å². The first kappa shape index (κ1) is 23.1. The minimum Gasteiger partial charge on any atom is -0.298 e. The maximum atomic E-state index is 12.3. The van der Waals surface area contributed by atoms with Crippen LogP contribution in [0.15, 0.2) is 59.1 Å². The van der Waals surface area contributed by atoms with E-state index in [1.807, 2.05) is 24.3 Å². The maximum absolute atomic E-state index is 12.3. The zero-order valence-electron chi connectivity index (χ0n) is 14.6. The average molecular weight is 460 g/mol. The maximum Gasteiger partial charge on any atom is 0.151 e. The van der Waals surface area contributed by atoms with E-state index in [1.54, 1.807) is 0 Å². The first-order valence-corrected chi connectivity index (χ1v) is 9.24. The molecule has 0 aliphatic carbocycles. The summed E-state index contributed by atoms with van der Waals surface area (Å²) in [5, 5.41) is 0. The monoisotopic (exact) mass is 458 g/mol. The standard InChI is InChI=1S/C20H23BrN2O.2ClH/c21-20-9-5-4-8-18(20)14-19(24)16-23-12-10-22(11-13-23)15-17-6-2-1-3-7-17;;/h1-9H,10-16H2;2*1H. The molecule has 1 fully saturated rings. The van der Waals surface area contributed by atoms with Gasteiger partial charge in [0.2, 0.25) is 0 Å². The van der Waals surface area contributed by atoms with Crippen LogP contribution in [0.5, 0.6) is 0 Å². The van der Waals surface area contributed by atoms with Crippen LogP contribution < -0.4 is 0 Å². The van der Waals surface area contributed by atoms with E-state index in [2.05, 4.69) is 56.1 Å². The number of benzene rings is 2. The Balaban J connectivity index is 0.00000169. The molecule has 1 heterocycles. The van der Waals surface area contributed by atoms with Gasteiger partial charge in [-0.15, -0.1) is 24.8 Å². The molecule has 0 bridgehead atoms. The molecule has 0 radical (unpaired) electrons. The number of hydrogen-bond donors (Lipinski definition) is 0. The predicted octanol–water partition coefficient (Wildman–Crippen LogP) is 4.22. The van der Waals surface area contributed by atoms with Gasteiger partial charge in [0, 0.05) is 43.6 Å². The SMILES string of the molecule is Cl.Cl.O=C(Cc1ccccc1Br)CN1CCN(Cc2ccccc2)CC1. The third-order valence-electron chi connectivity index (χ3n) is 4.46. The molecule has 0 saturated carbocycles. The van der Waals surface area contributed by atoms with Gasteiger partial charge < -0.3 is 0 Å². The number of hydrogen-bond acceptors (Lipinski definition) is 3. The van der Waals surface area contributed by atoms with Crippen molar-refractivity contribution >= 4 is 46.5 Å². The van der Waals surface area contributed by atoms with Gasteiger partial charge in [-0.3, -0.25) is 14.6 Å². The van der Waals surface area contributed by atoms with Gasteiger partial charge in [-0.1, -0.05) is 64.5 Å². The summed E-state index contributed by atoms with van der Waals surface area (Å²) in [6.45, 7) is 5.54. The Morgan fingerprint density at radius 2 is 1.42 bits per heavy atom. The van der Waals surface area contributed by atoms with Crippen molar-refractivity contribution in [3.8, 4) is 0 Å². The predicted molar refractivity (Wildman–Crippen MR) is 116 cm³/mol. The summed E-state index contributed by atoms with van der Waals surface area (Å²) in [5.74, 6) is 0.290. The molecule has 142 valence electrons. The van der Waals surface area contributed by atoms with Crippen LogP contribution >= 0.6 is 40.7 Å². The lowest BCUT2D eigenvalue weighted by atomic mass is 10.1. The fraction of sp³-hybridized carbons (Fsp3) is 0.350. The van der Waals surface area contributed by atoms with Crippen LogP contribution in [0.4, 0.5) is 0 Å². The number of piperazine rings is 1. The Hall–Kier alpha value is -0.910. The van der Waals surface area contributed by atoms with Crippen LogP contribution in [0.2, 0.25) is 0 Å². The van der Waals surface area contributed by atoms with Gasteiger partial charge >= 0.3 is 0 Å². The average Bonchev–Trinajstić information content (AvgIpc) is 2.60. The molecule has 0 N–H and O–H groups in total. The summed E-state index contributed by atoms with van der Waals surface area (Å²) in [6.07, 6.45) is 0.506. The minimum absolute atomic E-state index is 0. The Kier molecular flexibility index (Phi) is 10.4. The lowest BCUT2D eigenvalue weighted by Crippen LogP contribution is -2.47. The topological polar surface area (TPSA) is 23.6 Å². The van der Waals surface area contributed by atoms with Gasteiger partial charge in [0.1, 0.15) is 0 Å². The Bertz CT molecular complexity index is 677. The number of ketones is 1. The molecule has 0 aromatic heterocycles. The van der Waals surface area contributed by atoms with Gasteiger partial charge in [0.15, 0.2) is 5.78 Å². The van der Waals surface area contributed by atoms with E-state index >= 15 is 0 Å². The normalized spacial score (nSPS) is 15.0. The van der Waals surface area contributed by atoms with Crippen molar-refractivity contribution in [2.75, 3.05) is 32.7 Å². The number of halogens is 3. The summed E-state index contributed by atoms with van der Waals surface area (Å²) in [4.78, 5) is 17.1. The number of nitrogens with zero attached hydrogens (tertiary/aromatic N) is 2. The van der Waals surface area contributed by atoms with E-state index < -0.39 is 0 Å². The third-order valence-corrected chi connectivity index (χ3v) is 5.23. The van der Waals surface area contributed by atoms with Crippen molar-refractivity contribution in [3.05, 3.63) is 70.2 Å². The highest BCUT2D eigenvalue weighted by Crippen LogP contribution is 2.17. The van der Waals surface area contributed by atoms with E-state index in [9.17, 15) is 4.79 Å². The molecule has 1 aliphatic rings. The quantitative estimate of drug-likeness (QED) is 0.645. The summed E-state index contributed by atoms with van der Waals surface area (Å²) in [6, 6.07) is 18.5. The molecular weight excluding hydrogens is 435 g/mol. The molecule has 6 heteroatoms. The second kappa shape index (κ2) is 11.7. The largest absolute Gasteiger partial charge is 0.298 e. The summed E-state index contributed by atoms with van der Waals surface area (Å²) < 4.78 is 1.02. The Morgan fingerprint density at radius 3 is 2.08 bits per heavy atom. The molecule has 0 unspecified atom stereocenters. The first-order chi connectivity index (χ1) is 11.7. The van der Waals surface area contributed by atoms with Crippen molar-refractivity contribution < 1.29 is 4.79 Å². The molecule has 0 spiro atoms. The second-order valence-corrected chi connectivity index (χ2v) is 7.20. The van der Waals surface area contributed by atoms with E-state index in [-0.39, 0.29) is 24.8 Å². The second-order valence-electron chi connectivity index (χ2n) is 6.34. The molecule has 1 aliphatic heterocycles. The Labute approximate surface area is 176 Å². The molecule has 3 rings (SSSR count). The van der Waals surface area contributed by atoms with Gasteiger partial charge in [-0.2, -0.15) is 0 Å². The van der Waals surface area contributed by atoms with Crippen molar-refractivity contribution in [1.29, 1.82) is 0 Å². The van der Waals surface area contributed by atoms with Crippen LogP contribution in [-0.2, 0) is 17.8 Å². The van der Waals surface area contributed by atoms with Crippen molar-refractivity contribution in [1.82, 2.24) is 9.80 Å². The lowest BCUT2D eigenvalue weighted by Gasteiger charge is -2.34. The van der Waals surface area contributed by atoms with E-state index in [0.29, 0.717) is 18.7 Å². The molecule has 2 aromatic rings. The lowest BCUT2D eigenvalue weighted by molar-refractivity contribution is -0.120. The van der Waals surface area contributed by atoms with Crippen LogP contribution in [-0.4, -0.2) is 48.3 Å². The Morgan fingerprint density at radius 1 is 0.846 bits per heavy atom. The van der Waals surface area contributed by atoms with Crippen LogP contribution in [0.25, 0.3) is 0 Å². The van der Waals surface area contributed by atoms with Gasteiger partial charge in [0.05, 0.1) is 6.54 Å². The number of rotatable bonds is 6. The van der Waals surface area contributed by atoms with E-state index in [4.69, 9.17) is 0 Å². The van der Waals surface area contributed by atoms with E-state index in [0.717, 1.165) is 42.8 Å². The van der Waals surface area contributed by atoms with Crippen molar-refractivity contribution in [2.24, 2.45) is 0 Å². The molecule has 3 nitrogen and oxygen atoms in total. The summed E-state index contributed by atoms with van der Waals surface area (Å²) >= 11 is 3.52. The molecular formula is C20H25BrCl2N2O. The summed E-state index contributed by atoms with van der Waals surface area (Å²) in [5.41, 5.74) is 2.43. The van der Waals surface area contributed by atoms with Crippen LogP contribution in [0.1, 0.15) is 11.1 Å².